The minimum Gasteiger partial charge on any atom is -0.480 e. The van der Waals surface area contributed by atoms with Gasteiger partial charge in [-0.1, -0.05) is 18.2 Å². The van der Waals surface area contributed by atoms with E-state index < -0.39 is 11.9 Å². The first-order valence-corrected chi connectivity index (χ1v) is 6.31. The third-order valence-corrected chi connectivity index (χ3v) is 2.57. The Labute approximate surface area is 118 Å². The van der Waals surface area contributed by atoms with Crippen LogP contribution in [0, 0.1) is 0 Å². The summed E-state index contributed by atoms with van der Waals surface area (Å²) in [6.45, 7) is 0.605. The van der Waals surface area contributed by atoms with E-state index in [4.69, 9.17) is 9.84 Å². The van der Waals surface area contributed by atoms with Crippen LogP contribution in [0.3, 0.4) is 0 Å². The number of carboxylic acids is 1. The zero-order valence-electron chi connectivity index (χ0n) is 11.8. The van der Waals surface area contributed by atoms with E-state index in [9.17, 15) is 9.59 Å². The number of carbonyl (C=O) groups excluding carboxylic acids is 1. The standard InChI is InChI=1S/C14H20N2O4/c1-15(2)8-9-20-14(19)11-16(10-13(17)18)12-6-4-3-5-7-12/h3-7H,8-11H2,1-2H3,(H,17,18). The molecule has 0 saturated heterocycles. The summed E-state index contributed by atoms with van der Waals surface area (Å²) < 4.78 is 5.07. The van der Waals surface area contributed by atoms with Gasteiger partial charge >= 0.3 is 11.9 Å². The average molecular weight is 280 g/mol. The van der Waals surface area contributed by atoms with E-state index in [1.165, 1.54) is 4.90 Å². The van der Waals surface area contributed by atoms with Crippen LogP contribution in [0.25, 0.3) is 0 Å². The number of carboxylic acid groups (broad SMARTS) is 1. The number of ether oxygens (including phenoxy) is 1. The van der Waals surface area contributed by atoms with E-state index in [2.05, 4.69) is 0 Å². The van der Waals surface area contributed by atoms with Gasteiger partial charge in [-0.05, 0) is 26.2 Å². The molecule has 0 aliphatic carbocycles. The second kappa shape index (κ2) is 8.16. The van der Waals surface area contributed by atoms with Crippen LogP contribution < -0.4 is 4.90 Å². The van der Waals surface area contributed by atoms with Gasteiger partial charge in [-0.2, -0.15) is 0 Å². The first-order chi connectivity index (χ1) is 9.49. The fourth-order valence-corrected chi connectivity index (χ4v) is 1.58. The molecule has 0 aromatic heterocycles. The Balaban J connectivity index is 2.57. The van der Waals surface area contributed by atoms with E-state index in [0.717, 1.165) is 0 Å². The van der Waals surface area contributed by atoms with Crippen LogP contribution in [0.5, 0.6) is 0 Å². The topological polar surface area (TPSA) is 70.1 Å². The van der Waals surface area contributed by atoms with Crippen molar-refractivity contribution in [3.63, 3.8) is 0 Å². The molecule has 1 aromatic carbocycles. The van der Waals surface area contributed by atoms with Crippen molar-refractivity contribution in [3.8, 4) is 0 Å². The number of nitrogens with zero attached hydrogens (tertiary/aromatic N) is 2. The molecule has 6 heteroatoms. The third kappa shape index (κ3) is 6.19. The van der Waals surface area contributed by atoms with E-state index in [1.54, 1.807) is 24.3 Å². The molecular formula is C14H20N2O4. The summed E-state index contributed by atoms with van der Waals surface area (Å²) >= 11 is 0. The summed E-state index contributed by atoms with van der Waals surface area (Å²) in [7, 11) is 3.77. The van der Waals surface area contributed by atoms with Crippen LogP contribution in [-0.4, -0.2) is 62.3 Å². The SMILES string of the molecule is CN(C)CCOC(=O)CN(CC(=O)O)c1ccccc1. The molecule has 0 unspecified atom stereocenters. The highest BCUT2D eigenvalue weighted by molar-refractivity contribution is 5.80. The lowest BCUT2D eigenvalue weighted by molar-refractivity contribution is -0.142. The van der Waals surface area contributed by atoms with Crippen molar-refractivity contribution in [3.05, 3.63) is 30.3 Å². The fraction of sp³-hybridized carbons (Fsp3) is 0.429. The maximum absolute atomic E-state index is 11.7. The van der Waals surface area contributed by atoms with Gasteiger partial charge in [0.05, 0.1) is 0 Å². The van der Waals surface area contributed by atoms with Crippen molar-refractivity contribution in [1.29, 1.82) is 0 Å². The summed E-state index contributed by atoms with van der Waals surface area (Å²) in [4.78, 5) is 26.0. The largest absolute Gasteiger partial charge is 0.480 e. The summed E-state index contributed by atoms with van der Waals surface area (Å²) in [6, 6.07) is 8.94. The van der Waals surface area contributed by atoms with Gasteiger partial charge in [0, 0.05) is 12.2 Å². The van der Waals surface area contributed by atoms with Gasteiger partial charge in [0.2, 0.25) is 0 Å². The molecule has 0 radical (unpaired) electrons. The molecule has 0 atom stereocenters. The summed E-state index contributed by atoms with van der Waals surface area (Å²) in [5.41, 5.74) is 0.680. The summed E-state index contributed by atoms with van der Waals surface area (Å²) in [5, 5.41) is 8.91. The number of benzene rings is 1. The Bertz CT molecular complexity index is 434. The minimum absolute atomic E-state index is 0.0796. The van der Waals surface area contributed by atoms with Crippen LogP contribution >= 0.6 is 0 Å². The molecule has 0 aliphatic heterocycles. The van der Waals surface area contributed by atoms with Crippen molar-refractivity contribution >= 4 is 17.6 Å². The molecule has 1 aromatic rings. The lowest BCUT2D eigenvalue weighted by Gasteiger charge is -2.21. The van der Waals surface area contributed by atoms with Crippen molar-refractivity contribution in [2.75, 3.05) is 45.2 Å². The fourth-order valence-electron chi connectivity index (χ4n) is 1.58. The number of rotatable bonds is 8. The molecule has 6 nitrogen and oxygen atoms in total. The van der Waals surface area contributed by atoms with Crippen LogP contribution in [-0.2, 0) is 14.3 Å². The number of para-hydroxylation sites is 1. The zero-order chi connectivity index (χ0) is 15.0. The van der Waals surface area contributed by atoms with Gasteiger partial charge in [-0.15, -0.1) is 0 Å². The molecule has 20 heavy (non-hydrogen) atoms. The normalized spacial score (nSPS) is 10.3. The van der Waals surface area contributed by atoms with Gasteiger partial charge in [0.25, 0.3) is 0 Å². The van der Waals surface area contributed by atoms with Gasteiger partial charge in [0.15, 0.2) is 0 Å². The van der Waals surface area contributed by atoms with Crippen molar-refractivity contribution in [2.45, 2.75) is 0 Å². The summed E-state index contributed by atoms with van der Waals surface area (Å²) in [5.74, 6) is -1.42. The monoisotopic (exact) mass is 280 g/mol. The molecule has 0 spiro atoms. The molecule has 1 rings (SSSR count). The molecule has 0 saturated carbocycles. The Morgan fingerprint density at radius 3 is 2.35 bits per heavy atom. The highest BCUT2D eigenvalue weighted by atomic mass is 16.5. The lowest BCUT2D eigenvalue weighted by Crippen LogP contribution is -2.36. The predicted molar refractivity (Wildman–Crippen MR) is 75.8 cm³/mol. The van der Waals surface area contributed by atoms with Gasteiger partial charge in [-0.25, -0.2) is 0 Å². The minimum atomic E-state index is -0.991. The number of esters is 1. The van der Waals surface area contributed by atoms with Crippen LogP contribution in [0.15, 0.2) is 30.3 Å². The Hall–Kier alpha value is -2.08. The number of aliphatic carboxylic acids is 1. The van der Waals surface area contributed by atoms with E-state index in [-0.39, 0.29) is 13.1 Å². The van der Waals surface area contributed by atoms with Crippen LogP contribution in [0.4, 0.5) is 5.69 Å². The molecular weight excluding hydrogens is 260 g/mol. The Morgan fingerprint density at radius 2 is 1.80 bits per heavy atom. The quantitative estimate of drug-likeness (QED) is 0.706. The molecule has 0 fully saturated rings. The molecule has 0 amide bonds. The van der Waals surface area contributed by atoms with Gasteiger partial charge < -0.3 is 19.6 Å². The molecule has 0 heterocycles. The number of carbonyl (C=O) groups is 2. The highest BCUT2D eigenvalue weighted by Gasteiger charge is 2.15. The average Bonchev–Trinajstić information content (AvgIpc) is 2.38. The first kappa shape index (κ1) is 16.0. The van der Waals surface area contributed by atoms with Gasteiger partial charge in [-0.3, -0.25) is 9.59 Å². The predicted octanol–water partition coefficient (Wildman–Crippen LogP) is 0.682. The maximum Gasteiger partial charge on any atom is 0.325 e. The molecule has 110 valence electrons. The van der Waals surface area contributed by atoms with E-state index >= 15 is 0 Å². The maximum atomic E-state index is 11.7. The number of hydrogen-bond acceptors (Lipinski definition) is 5. The lowest BCUT2D eigenvalue weighted by atomic mass is 10.3. The second-order valence-electron chi connectivity index (χ2n) is 4.61. The number of hydrogen-bond donors (Lipinski definition) is 1. The van der Waals surface area contributed by atoms with Crippen molar-refractivity contribution < 1.29 is 19.4 Å². The molecule has 1 N–H and O–H groups in total. The third-order valence-electron chi connectivity index (χ3n) is 2.57. The first-order valence-electron chi connectivity index (χ1n) is 6.31. The van der Waals surface area contributed by atoms with Crippen LogP contribution in [0.1, 0.15) is 0 Å². The van der Waals surface area contributed by atoms with Crippen LogP contribution in [0.2, 0.25) is 0 Å². The van der Waals surface area contributed by atoms with Gasteiger partial charge in [0.1, 0.15) is 19.7 Å². The van der Waals surface area contributed by atoms with E-state index in [1.807, 2.05) is 25.1 Å². The van der Waals surface area contributed by atoms with Crippen molar-refractivity contribution in [2.24, 2.45) is 0 Å². The Kier molecular flexibility index (Phi) is 6.52. The number of anilines is 1. The number of likely N-dealkylation sites (N-methyl/N-ethyl adjacent to an activating group) is 1. The van der Waals surface area contributed by atoms with Crippen molar-refractivity contribution in [1.82, 2.24) is 4.90 Å². The molecule has 0 bridgehead atoms. The zero-order valence-corrected chi connectivity index (χ0v) is 11.8. The van der Waals surface area contributed by atoms with E-state index in [0.29, 0.717) is 18.8 Å². The Morgan fingerprint density at radius 1 is 1.15 bits per heavy atom. The second-order valence-corrected chi connectivity index (χ2v) is 4.61. The smallest absolute Gasteiger partial charge is 0.325 e. The molecule has 0 aliphatic rings. The highest BCUT2D eigenvalue weighted by Crippen LogP contribution is 2.12. The summed E-state index contributed by atoms with van der Waals surface area (Å²) in [6.07, 6.45) is 0.